The third-order valence-corrected chi connectivity index (χ3v) is 4.61. The van der Waals surface area contributed by atoms with E-state index in [4.69, 9.17) is 11.2 Å². The SMILES string of the molecule is C#CN/C=C(\C)CC1CCOc2ccc(C)cc21.CCC.CCC(C)C(C)=O. The van der Waals surface area contributed by atoms with Crippen molar-refractivity contribution in [3.63, 3.8) is 0 Å². The van der Waals surface area contributed by atoms with Crippen LogP contribution in [-0.2, 0) is 4.79 Å². The average molecular weight is 386 g/mol. The van der Waals surface area contributed by atoms with Crippen LogP contribution in [0.5, 0.6) is 5.75 Å². The van der Waals surface area contributed by atoms with Gasteiger partial charge in [0.1, 0.15) is 11.5 Å². The summed E-state index contributed by atoms with van der Waals surface area (Å²) in [6.45, 7) is 14.9. The van der Waals surface area contributed by atoms with Crippen LogP contribution < -0.4 is 10.1 Å². The number of nitrogens with one attached hydrogen (secondary N) is 1. The van der Waals surface area contributed by atoms with Gasteiger partial charge in [-0.1, -0.05) is 63.8 Å². The minimum Gasteiger partial charge on any atom is -0.493 e. The molecule has 0 fully saturated rings. The number of hydrogen-bond donors (Lipinski definition) is 1. The second-order valence-corrected chi connectivity index (χ2v) is 7.49. The smallest absolute Gasteiger partial charge is 0.132 e. The van der Waals surface area contributed by atoms with Gasteiger partial charge in [0.05, 0.1) is 6.61 Å². The Balaban J connectivity index is 0.000000612. The predicted molar refractivity (Wildman–Crippen MR) is 120 cm³/mol. The maximum Gasteiger partial charge on any atom is 0.132 e. The number of carbonyl (C=O) groups is 1. The van der Waals surface area contributed by atoms with Crippen molar-refractivity contribution >= 4 is 5.78 Å². The summed E-state index contributed by atoms with van der Waals surface area (Å²) >= 11 is 0. The van der Waals surface area contributed by atoms with Crippen molar-refractivity contribution < 1.29 is 9.53 Å². The van der Waals surface area contributed by atoms with Gasteiger partial charge in [-0.05, 0) is 57.6 Å². The first kappa shape index (κ1) is 25.8. The van der Waals surface area contributed by atoms with Crippen molar-refractivity contribution in [2.75, 3.05) is 6.61 Å². The molecule has 2 rings (SSSR count). The van der Waals surface area contributed by atoms with Gasteiger partial charge in [0.25, 0.3) is 0 Å². The maximum absolute atomic E-state index is 10.4. The molecule has 1 aliphatic rings. The molecule has 0 saturated carbocycles. The van der Waals surface area contributed by atoms with Crippen molar-refractivity contribution in [2.45, 2.75) is 80.1 Å². The Kier molecular flexibility index (Phi) is 13.6. The molecule has 28 heavy (non-hydrogen) atoms. The Morgan fingerprint density at radius 1 is 1.36 bits per heavy atom. The fraction of sp³-hybridized carbons (Fsp3) is 0.560. The number of ketones is 1. The van der Waals surface area contributed by atoms with Crippen LogP contribution in [0.3, 0.4) is 0 Å². The van der Waals surface area contributed by atoms with Crippen LogP contribution in [0.4, 0.5) is 0 Å². The third-order valence-electron chi connectivity index (χ3n) is 4.61. The normalized spacial score (nSPS) is 15.9. The molecule has 0 aliphatic carbocycles. The van der Waals surface area contributed by atoms with Crippen LogP contribution in [-0.4, -0.2) is 12.4 Å². The largest absolute Gasteiger partial charge is 0.493 e. The summed E-state index contributed by atoms with van der Waals surface area (Å²) in [6.07, 6.45) is 11.4. The first-order valence-corrected chi connectivity index (χ1v) is 10.4. The van der Waals surface area contributed by atoms with E-state index in [1.807, 2.05) is 20.0 Å². The molecular formula is C25H39NO2. The van der Waals surface area contributed by atoms with Crippen molar-refractivity contribution in [2.24, 2.45) is 5.92 Å². The lowest BCUT2D eigenvalue weighted by molar-refractivity contribution is -0.120. The lowest BCUT2D eigenvalue weighted by Gasteiger charge is -2.26. The van der Waals surface area contributed by atoms with Crippen molar-refractivity contribution in [1.29, 1.82) is 0 Å². The first-order valence-electron chi connectivity index (χ1n) is 10.4. The van der Waals surface area contributed by atoms with Gasteiger partial charge >= 0.3 is 0 Å². The zero-order valence-corrected chi connectivity index (χ0v) is 18.9. The quantitative estimate of drug-likeness (QED) is 0.472. The summed E-state index contributed by atoms with van der Waals surface area (Å²) in [7, 11) is 0. The van der Waals surface area contributed by atoms with E-state index in [0.29, 0.717) is 11.7 Å². The molecule has 2 unspecified atom stereocenters. The lowest BCUT2D eigenvalue weighted by Crippen LogP contribution is -2.15. The van der Waals surface area contributed by atoms with Crippen molar-refractivity contribution in [3.8, 4) is 18.2 Å². The molecule has 0 bridgehead atoms. The molecule has 0 radical (unpaired) electrons. The number of Topliss-reactive ketones (excluding diaryl/α,β-unsaturated/α-hetero) is 1. The molecule has 1 N–H and O–H groups in total. The fourth-order valence-electron chi connectivity index (χ4n) is 2.70. The topological polar surface area (TPSA) is 38.3 Å². The molecule has 1 aromatic rings. The van der Waals surface area contributed by atoms with Crippen LogP contribution in [0.1, 0.15) is 84.3 Å². The van der Waals surface area contributed by atoms with Gasteiger partial charge in [-0.3, -0.25) is 4.79 Å². The molecule has 0 saturated heterocycles. The first-order chi connectivity index (χ1) is 13.3. The molecule has 1 heterocycles. The summed E-state index contributed by atoms with van der Waals surface area (Å²) in [5, 5.41) is 2.81. The minimum atomic E-state index is 0.264. The monoisotopic (exact) mass is 385 g/mol. The van der Waals surface area contributed by atoms with Gasteiger partial charge < -0.3 is 10.1 Å². The predicted octanol–water partition coefficient (Wildman–Crippen LogP) is 6.37. The Bertz CT molecular complexity index is 655. The van der Waals surface area contributed by atoms with E-state index in [2.05, 4.69) is 57.3 Å². The van der Waals surface area contributed by atoms with E-state index < -0.39 is 0 Å². The number of terminal acetylenes is 1. The molecule has 1 aliphatic heterocycles. The summed E-state index contributed by atoms with van der Waals surface area (Å²) in [6, 6.07) is 8.83. The van der Waals surface area contributed by atoms with Gasteiger partial charge in [0, 0.05) is 18.2 Å². The van der Waals surface area contributed by atoms with E-state index in [1.54, 1.807) is 6.92 Å². The van der Waals surface area contributed by atoms with E-state index in [1.165, 1.54) is 23.1 Å². The van der Waals surface area contributed by atoms with Crippen LogP contribution in [0.25, 0.3) is 0 Å². The van der Waals surface area contributed by atoms with Gasteiger partial charge in [-0.25, -0.2) is 0 Å². The number of rotatable bonds is 5. The van der Waals surface area contributed by atoms with Gasteiger partial charge in [0.2, 0.25) is 0 Å². The Labute approximate surface area is 173 Å². The van der Waals surface area contributed by atoms with E-state index in [9.17, 15) is 4.79 Å². The van der Waals surface area contributed by atoms with Crippen LogP contribution >= 0.6 is 0 Å². The molecule has 0 aromatic heterocycles. The summed E-state index contributed by atoms with van der Waals surface area (Å²) in [5.41, 5.74) is 3.88. The highest BCUT2D eigenvalue weighted by Crippen LogP contribution is 2.37. The summed E-state index contributed by atoms with van der Waals surface area (Å²) in [5.74, 6) is 2.13. The van der Waals surface area contributed by atoms with Crippen molar-refractivity contribution in [1.82, 2.24) is 5.32 Å². The number of fused-ring (bicyclic) bond motifs is 1. The lowest BCUT2D eigenvalue weighted by atomic mass is 9.87. The Morgan fingerprint density at radius 2 is 2.00 bits per heavy atom. The standard InChI is InChI=1S/C16H19NO.C6H12O.C3H8/c1-4-17-11-13(3)9-14-7-8-18-16-6-5-12(2)10-15(14)16;1-4-5(2)6(3)7;1-3-2/h1,5-6,10-11,14,17H,7-9H2,2-3H3;5H,4H2,1-3H3;3H2,1-2H3/b13-11+;;. The number of allylic oxidation sites excluding steroid dienone is 1. The molecule has 1 aromatic carbocycles. The number of benzene rings is 1. The summed E-state index contributed by atoms with van der Waals surface area (Å²) in [4.78, 5) is 10.4. The van der Waals surface area contributed by atoms with Gasteiger partial charge in [-0.15, -0.1) is 0 Å². The van der Waals surface area contributed by atoms with Gasteiger partial charge in [0.15, 0.2) is 0 Å². The van der Waals surface area contributed by atoms with Crippen molar-refractivity contribution in [3.05, 3.63) is 41.1 Å². The highest BCUT2D eigenvalue weighted by Gasteiger charge is 2.21. The number of hydrogen-bond acceptors (Lipinski definition) is 3. The van der Waals surface area contributed by atoms with Crippen LogP contribution in [0, 0.1) is 25.3 Å². The third kappa shape index (κ3) is 10.2. The molecule has 3 nitrogen and oxygen atoms in total. The van der Waals surface area contributed by atoms with Crippen LogP contribution in [0.15, 0.2) is 30.0 Å². The molecule has 0 amide bonds. The highest BCUT2D eigenvalue weighted by atomic mass is 16.5. The van der Waals surface area contributed by atoms with E-state index in [-0.39, 0.29) is 5.92 Å². The molecular weight excluding hydrogens is 346 g/mol. The number of ether oxygens (including phenoxy) is 1. The summed E-state index contributed by atoms with van der Waals surface area (Å²) < 4.78 is 5.70. The van der Waals surface area contributed by atoms with E-state index in [0.717, 1.165) is 31.6 Å². The maximum atomic E-state index is 10.4. The fourth-order valence-corrected chi connectivity index (χ4v) is 2.70. The average Bonchev–Trinajstić information content (AvgIpc) is 2.67. The molecule has 2 atom stereocenters. The Hall–Kier alpha value is -2.21. The van der Waals surface area contributed by atoms with Crippen LogP contribution in [0.2, 0.25) is 0 Å². The number of aryl methyl sites for hydroxylation is 1. The van der Waals surface area contributed by atoms with Gasteiger partial charge in [-0.2, -0.15) is 0 Å². The Morgan fingerprint density at radius 3 is 2.50 bits per heavy atom. The highest BCUT2D eigenvalue weighted by molar-refractivity contribution is 5.77. The number of carbonyl (C=O) groups excluding carboxylic acids is 1. The second-order valence-electron chi connectivity index (χ2n) is 7.49. The second kappa shape index (κ2) is 14.8. The minimum absolute atomic E-state index is 0.264. The molecule has 0 spiro atoms. The van der Waals surface area contributed by atoms with E-state index >= 15 is 0 Å². The molecule has 156 valence electrons. The zero-order chi connectivity index (χ0) is 21.5. The molecule has 3 heteroatoms. The zero-order valence-electron chi connectivity index (χ0n) is 18.9.